The highest BCUT2D eigenvalue weighted by atomic mass is 35.5. The van der Waals surface area contributed by atoms with Crippen LogP contribution in [0.5, 0.6) is 0 Å². The van der Waals surface area contributed by atoms with Crippen molar-refractivity contribution in [2.45, 2.75) is 6.61 Å². The number of ether oxygens (including phenoxy) is 1. The van der Waals surface area contributed by atoms with Crippen molar-refractivity contribution in [1.29, 1.82) is 0 Å². The molecule has 27 heavy (non-hydrogen) atoms. The topological polar surface area (TPSA) is 95.4 Å². The normalized spacial score (nSPS) is 10.9. The van der Waals surface area contributed by atoms with Crippen LogP contribution in [0.2, 0.25) is 5.02 Å². The number of hydrogen-bond acceptors (Lipinski definition) is 7. The molecule has 0 bridgehead atoms. The Morgan fingerprint density at radius 3 is 2.70 bits per heavy atom. The Morgan fingerprint density at radius 1 is 1.11 bits per heavy atom. The van der Waals surface area contributed by atoms with Gasteiger partial charge in [-0.2, -0.15) is 4.98 Å². The number of benzene rings is 2. The van der Waals surface area contributed by atoms with E-state index in [0.29, 0.717) is 27.4 Å². The van der Waals surface area contributed by atoms with Crippen LogP contribution in [0.15, 0.2) is 68.3 Å². The molecule has 0 saturated carbocycles. The van der Waals surface area contributed by atoms with Crippen LogP contribution in [0.1, 0.15) is 16.2 Å². The van der Waals surface area contributed by atoms with Gasteiger partial charge >= 0.3 is 11.6 Å². The van der Waals surface area contributed by atoms with Crippen LogP contribution in [0, 0.1) is 0 Å². The van der Waals surface area contributed by atoms with Gasteiger partial charge in [0.1, 0.15) is 11.1 Å². The fourth-order valence-electron chi connectivity index (χ4n) is 2.44. The number of hydrogen-bond donors (Lipinski definition) is 0. The molecule has 4 aromatic rings. The molecule has 2 heterocycles. The maximum absolute atomic E-state index is 12.2. The van der Waals surface area contributed by atoms with E-state index in [4.69, 9.17) is 25.3 Å². The van der Waals surface area contributed by atoms with Gasteiger partial charge in [-0.3, -0.25) is 0 Å². The van der Waals surface area contributed by atoms with Gasteiger partial charge in [0, 0.05) is 16.0 Å². The Morgan fingerprint density at radius 2 is 1.89 bits per heavy atom. The van der Waals surface area contributed by atoms with Crippen LogP contribution in [0.25, 0.3) is 22.4 Å². The molecular weight excluding hydrogens is 372 g/mol. The van der Waals surface area contributed by atoms with E-state index in [0.717, 1.165) is 0 Å². The first-order valence-electron chi connectivity index (χ1n) is 7.89. The number of aromatic nitrogens is 2. The van der Waals surface area contributed by atoms with Gasteiger partial charge in [0.05, 0.1) is 0 Å². The van der Waals surface area contributed by atoms with Gasteiger partial charge in [-0.05, 0) is 36.4 Å². The van der Waals surface area contributed by atoms with Crippen LogP contribution in [-0.2, 0) is 11.3 Å². The van der Waals surface area contributed by atoms with E-state index in [1.54, 1.807) is 48.5 Å². The molecule has 0 aliphatic rings. The number of nitrogens with zero attached hydrogens (tertiary/aromatic N) is 2. The van der Waals surface area contributed by atoms with Crippen molar-refractivity contribution in [3.63, 3.8) is 0 Å². The van der Waals surface area contributed by atoms with Crippen LogP contribution in [0.3, 0.4) is 0 Å². The summed E-state index contributed by atoms with van der Waals surface area (Å²) in [6, 6.07) is 15.2. The molecular formula is C19H11ClN2O5. The number of halogens is 1. The number of carbonyl (C=O) groups excluding carboxylic acids is 1. The monoisotopic (exact) mass is 382 g/mol. The summed E-state index contributed by atoms with van der Waals surface area (Å²) in [5, 5.41) is 5.03. The summed E-state index contributed by atoms with van der Waals surface area (Å²) in [7, 11) is 0. The van der Waals surface area contributed by atoms with E-state index in [2.05, 4.69) is 10.1 Å². The molecule has 0 aliphatic heterocycles. The minimum absolute atomic E-state index is 0.0958. The standard InChI is InChI=1S/C19H11ClN2O5/c20-13-7-5-11(6-8-13)17-21-16(27-22-17)10-25-18(23)14-9-12-3-1-2-4-15(12)26-19(14)24/h1-9H,10H2. The van der Waals surface area contributed by atoms with E-state index >= 15 is 0 Å². The van der Waals surface area contributed by atoms with Crippen LogP contribution in [-0.4, -0.2) is 16.1 Å². The molecule has 134 valence electrons. The molecule has 8 heteroatoms. The lowest BCUT2D eigenvalue weighted by atomic mass is 10.2. The van der Waals surface area contributed by atoms with Gasteiger partial charge in [-0.25, -0.2) is 9.59 Å². The molecule has 7 nitrogen and oxygen atoms in total. The van der Waals surface area contributed by atoms with Gasteiger partial charge in [-0.1, -0.05) is 35.0 Å². The highest BCUT2D eigenvalue weighted by Crippen LogP contribution is 2.19. The summed E-state index contributed by atoms with van der Waals surface area (Å²) < 4.78 is 15.3. The second-order valence-corrected chi connectivity index (χ2v) is 6.02. The third kappa shape index (κ3) is 3.58. The number of esters is 1. The molecule has 2 aromatic carbocycles. The summed E-state index contributed by atoms with van der Waals surface area (Å²) in [6.45, 7) is -0.272. The smallest absolute Gasteiger partial charge is 0.351 e. The third-order valence-corrected chi connectivity index (χ3v) is 4.01. The minimum Gasteiger partial charge on any atom is -0.452 e. The lowest BCUT2D eigenvalue weighted by Crippen LogP contribution is -2.16. The zero-order chi connectivity index (χ0) is 18.8. The van der Waals surface area contributed by atoms with Gasteiger partial charge in [-0.15, -0.1) is 0 Å². The van der Waals surface area contributed by atoms with Crippen molar-refractivity contribution < 1.29 is 18.5 Å². The highest BCUT2D eigenvalue weighted by Gasteiger charge is 2.17. The Labute approximate surface area is 157 Å². The molecule has 0 radical (unpaired) electrons. The fourth-order valence-corrected chi connectivity index (χ4v) is 2.56. The maximum Gasteiger partial charge on any atom is 0.351 e. The largest absolute Gasteiger partial charge is 0.452 e. The van der Waals surface area contributed by atoms with Crippen molar-refractivity contribution >= 4 is 28.5 Å². The van der Waals surface area contributed by atoms with Crippen LogP contribution < -0.4 is 5.63 Å². The van der Waals surface area contributed by atoms with E-state index in [9.17, 15) is 9.59 Å². The second kappa shape index (κ2) is 7.05. The van der Waals surface area contributed by atoms with Gasteiger partial charge < -0.3 is 13.7 Å². The average Bonchev–Trinajstić information content (AvgIpc) is 3.15. The minimum atomic E-state index is -0.833. The number of fused-ring (bicyclic) bond motifs is 1. The Balaban J connectivity index is 1.49. The van der Waals surface area contributed by atoms with Crippen LogP contribution in [0.4, 0.5) is 0 Å². The second-order valence-electron chi connectivity index (χ2n) is 5.58. The number of carbonyl (C=O) groups is 1. The summed E-state index contributed by atoms with van der Waals surface area (Å²) in [5.74, 6) is -0.401. The van der Waals surface area contributed by atoms with Crippen molar-refractivity contribution in [2.24, 2.45) is 0 Å². The summed E-state index contributed by atoms with van der Waals surface area (Å²) in [4.78, 5) is 28.3. The Kier molecular flexibility index (Phi) is 4.43. The molecule has 0 aliphatic carbocycles. The Bertz CT molecular complexity index is 1180. The van der Waals surface area contributed by atoms with Crippen LogP contribution >= 0.6 is 11.6 Å². The summed E-state index contributed by atoms with van der Waals surface area (Å²) in [5.41, 5.74) is 0.122. The van der Waals surface area contributed by atoms with E-state index in [1.807, 2.05) is 0 Å². The number of para-hydroxylation sites is 1. The molecule has 0 N–H and O–H groups in total. The first kappa shape index (κ1) is 17.0. The van der Waals surface area contributed by atoms with Crippen molar-refractivity contribution in [3.8, 4) is 11.4 Å². The van der Waals surface area contributed by atoms with Crippen molar-refractivity contribution in [3.05, 3.63) is 81.5 Å². The highest BCUT2D eigenvalue weighted by molar-refractivity contribution is 6.30. The van der Waals surface area contributed by atoms with Gasteiger partial charge in [0.15, 0.2) is 6.61 Å². The lowest BCUT2D eigenvalue weighted by Gasteiger charge is -2.02. The molecule has 2 aromatic heterocycles. The molecule has 0 atom stereocenters. The predicted molar refractivity (Wildman–Crippen MR) is 96.3 cm³/mol. The Hall–Kier alpha value is -3.45. The van der Waals surface area contributed by atoms with Crippen molar-refractivity contribution in [1.82, 2.24) is 10.1 Å². The zero-order valence-corrected chi connectivity index (χ0v) is 14.5. The first-order chi connectivity index (χ1) is 13.1. The summed E-state index contributed by atoms with van der Waals surface area (Å²) >= 11 is 5.84. The molecule has 0 unspecified atom stereocenters. The molecule has 0 spiro atoms. The van der Waals surface area contributed by atoms with Gasteiger partial charge in [0.2, 0.25) is 5.82 Å². The SMILES string of the molecule is O=C(OCc1nc(-c2ccc(Cl)cc2)no1)c1cc2ccccc2oc1=O. The van der Waals surface area contributed by atoms with E-state index < -0.39 is 11.6 Å². The number of rotatable bonds is 4. The maximum atomic E-state index is 12.2. The van der Waals surface area contributed by atoms with Gasteiger partial charge in [0.25, 0.3) is 5.89 Å². The van der Waals surface area contributed by atoms with E-state index in [-0.39, 0.29) is 18.1 Å². The molecule has 0 fully saturated rings. The average molecular weight is 383 g/mol. The zero-order valence-electron chi connectivity index (χ0n) is 13.7. The summed E-state index contributed by atoms with van der Waals surface area (Å²) in [6.07, 6.45) is 0. The molecule has 0 saturated heterocycles. The first-order valence-corrected chi connectivity index (χ1v) is 8.26. The quantitative estimate of drug-likeness (QED) is 0.390. The van der Waals surface area contributed by atoms with Crippen molar-refractivity contribution in [2.75, 3.05) is 0 Å². The third-order valence-electron chi connectivity index (χ3n) is 3.76. The van der Waals surface area contributed by atoms with E-state index in [1.165, 1.54) is 6.07 Å². The fraction of sp³-hybridized carbons (Fsp3) is 0.0526. The molecule has 4 rings (SSSR count). The lowest BCUT2D eigenvalue weighted by molar-refractivity contribution is 0.0425. The predicted octanol–water partition coefficient (Wildman–Crippen LogP) is 3.85. The molecule has 0 amide bonds.